The fourth-order valence-electron chi connectivity index (χ4n) is 3.01. The maximum absolute atomic E-state index is 11.8. The van der Waals surface area contributed by atoms with Gasteiger partial charge >= 0.3 is 0 Å². The number of ketones is 2. The molecular formula is C13H18O2. The minimum atomic E-state index is -0.140. The van der Waals surface area contributed by atoms with Gasteiger partial charge in [-0.05, 0) is 25.7 Å². The fraction of sp³-hybridized carbons (Fsp3) is 0.692. The molecule has 82 valence electrons. The Morgan fingerprint density at radius 2 is 2.07 bits per heavy atom. The molecule has 0 amide bonds. The van der Waals surface area contributed by atoms with Gasteiger partial charge < -0.3 is 0 Å². The summed E-state index contributed by atoms with van der Waals surface area (Å²) in [6.07, 6.45) is 6.35. The van der Waals surface area contributed by atoms with Crippen LogP contribution in [0.25, 0.3) is 0 Å². The Bertz CT molecular complexity index is 327. The first kappa shape index (κ1) is 10.6. The van der Waals surface area contributed by atoms with Crippen LogP contribution in [0.5, 0.6) is 0 Å². The van der Waals surface area contributed by atoms with Crippen molar-refractivity contribution in [1.29, 1.82) is 0 Å². The highest BCUT2D eigenvalue weighted by Gasteiger charge is 2.46. The van der Waals surface area contributed by atoms with E-state index in [-0.39, 0.29) is 23.4 Å². The molecule has 3 rings (SSSR count). The van der Waals surface area contributed by atoms with Gasteiger partial charge in [0.1, 0.15) is 0 Å². The van der Waals surface area contributed by atoms with E-state index in [1.165, 1.54) is 12.8 Å². The van der Waals surface area contributed by atoms with E-state index >= 15 is 0 Å². The molecule has 0 heterocycles. The van der Waals surface area contributed by atoms with Crippen LogP contribution in [0.2, 0.25) is 0 Å². The zero-order chi connectivity index (χ0) is 11.0. The highest BCUT2D eigenvalue weighted by Crippen LogP contribution is 2.42. The lowest BCUT2D eigenvalue weighted by atomic mass is 9.63. The van der Waals surface area contributed by atoms with Crippen LogP contribution in [-0.4, -0.2) is 11.6 Å². The van der Waals surface area contributed by atoms with Crippen molar-refractivity contribution in [3.05, 3.63) is 11.6 Å². The molecule has 3 aliphatic carbocycles. The highest BCUT2D eigenvalue weighted by atomic mass is 16.2. The molecule has 0 aliphatic heterocycles. The third-order valence-corrected chi connectivity index (χ3v) is 3.77. The van der Waals surface area contributed by atoms with Crippen molar-refractivity contribution in [3.63, 3.8) is 0 Å². The molecule has 0 aromatic carbocycles. The molecule has 1 fully saturated rings. The SMILES string of the molecule is CCCC[C@H]1C[C@H]2C=C(C)[C@@H]1C(=O)C2=O. The van der Waals surface area contributed by atoms with Gasteiger partial charge in [0.25, 0.3) is 0 Å². The lowest BCUT2D eigenvalue weighted by molar-refractivity contribution is -0.144. The number of carbonyl (C=O) groups excluding carboxylic acids is 2. The second-order valence-electron chi connectivity index (χ2n) is 4.86. The van der Waals surface area contributed by atoms with E-state index in [1.807, 2.05) is 13.0 Å². The molecular weight excluding hydrogens is 188 g/mol. The van der Waals surface area contributed by atoms with Gasteiger partial charge in [0, 0.05) is 11.8 Å². The molecule has 3 atom stereocenters. The molecule has 0 aromatic heterocycles. The summed E-state index contributed by atoms with van der Waals surface area (Å²) in [6, 6.07) is 0. The van der Waals surface area contributed by atoms with Gasteiger partial charge in [-0.1, -0.05) is 31.4 Å². The maximum Gasteiger partial charge on any atom is 0.206 e. The highest BCUT2D eigenvalue weighted by molar-refractivity contribution is 6.41. The predicted octanol–water partition coefficient (Wildman–Crippen LogP) is 2.53. The summed E-state index contributed by atoms with van der Waals surface area (Å²) < 4.78 is 0. The van der Waals surface area contributed by atoms with Gasteiger partial charge in [-0.25, -0.2) is 0 Å². The van der Waals surface area contributed by atoms with Crippen molar-refractivity contribution < 1.29 is 9.59 Å². The van der Waals surface area contributed by atoms with E-state index in [0.29, 0.717) is 5.92 Å². The third-order valence-electron chi connectivity index (χ3n) is 3.77. The lowest BCUT2D eigenvalue weighted by Crippen LogP contribution is -2.45. The Kier molecular flexibility index (Phi) is 2.76. The molecule has 1 saturated carbocycles. The number of hydrogen-bond acceptors (Lipinski definition) is 2. The van der Waals surface area contributed by atoms with Gasteiger partial charge in [0.05, 0.1) is 0 Å². The molecule has 0 spiro atoms. The van der Waals surface area contributed by atoms with Gasteiger partial charge in [0.15, 0.2) is 0 Å². The van der Waals surface area contributed by atoms with Gasteiger partial charge in [-0.2, -0.15) is 0 Å². The van der Waals surface area contributed by atoms with Crippen molar-refractivity contribution in [2.24, 2.45) is 17.8 Å². The van der Waals surface area contributed by atoms with E-state index in [2.05, 4.69) is 6.92 Å². The number of carbonyl (C=O) groups is 2. The van der Waals surface area contributed by atoms with Crippen molar-refractivity contribution in [3.8, 4) is 0 Å². The van der Waals surface area contributed by atoms with Crippen LogP contribution in [0.3, 0.4) is 0 Å². The second kappa shape index (κ2) is 3.92. The van der Waals surface area contributed by atoms with E-state index in [1.54, 1.807) is 0 Å². The molecule has 0 saturated heterocycles. The molecule has 0 aromatic rings. The number of unbranched alkanes of at least 4 members (excludes halogenated alkanes) is 1. The van der Waals surface area contributed by atoms with Crippen molar-refractivity contribution in [2.45, 2.75) is 39.5 Å². The van der Waals surface area contributed by atoms with E-state index < -0.39 is 0 Å². The first-order chi connectivity index (χ1) is 7.15. The molecule has 0 radical (unpaired) electrons. The Morgan fingerprint density at radius 1 is 1.33 bits per heavy atom. The predicted molar refractivity (Wildman–Crippen MR) is 58.4 cm³/mol. The average molecular weight is 206 g/mol. The Morgan fingerprint density at radius 3 is 2.67 bits per heavy atom. The second-order valence-corrected chi connectivity index (χ2v) is 4.86. The Hall–Kier alpha value is -0.920. The minimum Gasteiger partial charge on any atom is -0.290 e. The van der Waals surface area contributed by atoms with Crippen LogP contribution in [0.1, 0.15) is 39.5 Å². The van der Waals surface area contributed by atoms with Crippen molar-refractivity contribution in [2.75, 3.05) is 0 Å². The Labute approximate surface area is 90.7 Å². The summed E-state index contributed by atoms with van der Waals surface area (Å²) in [4.78, 5) is 23.3. The largest absolute Gasteiger partial charge is 0.290 e. The van der Waals surface area contributed by atoms with E-state index in [4.69, 9.17) is 0 Å². The normalized spacial score (nSPS) is 34.5. The molecule has 2 heteroatoms. The van der Waals surface area contributed by atoms with Crippen LogP contribution in [0.15, 0.2) is 11.6 Å². The smallest absolute Gasteiger partial charge is 0.206 e. The quantitative estimate of drug-likeness (QED) is 0.525. The molecule has 2 bridgehead atoms. The summed E-state index contributed by atoms with van der Waals surface area (Å²) in [5, 5.41) is 0. The van der Waals surface area contributed by atoms with Crippen LogP contribution in [-0.2, 0) is 9.59 Å². The molecule has 0 unspecified atom stereocenters. The number of Topliss-reactive ketones (excluding diaryl/α,β-unsaturated/α-hetero) is 2. The monoisotopic (exact) mass is 206 g/mol. The summed E-state index contributed by atoms with van der Waals surface area (Å²) in [5.41, 5.74) is 1.14. The number of hydrogen-bond donors (Lipinski definition) is 0. The summed E-state index contributed by atoms with van der Waals surface area (Å²) in [6.45, 7) is 4.16. The number of fused-ring (bicyclic) bond motifs is 2. The summed E-state index contributed by atoms with van der Waals surface area (Å²) in [5.74, 6) is 0.00857. The lowest BCUT2D eigenvalue weighted by Gasteiger charge is -2.38. The average Bonchev–Trinajstić information content (AvgIpc) is 2.21. The van der Waals surface area contributed by atoms with Crippen molar-refractivity contribution in [1.82, 2.24) is 0 Å². The zero-order valence-corrected chi connectivity index (χ0v) is 9.45. The topological polar surface area (TPSA) is 34.1 Å². The summed E-state index contributed by atoms with van der Waals surface area (Å²) in [7, 11) is 0. The van der Waals surface area contributed by atoms with Crippen LogP contribution in [0.4, 0.5) is 0 Å². The molecule has 3 aliphatic rings. The van der Waals surface area contributed by atoms with Crippen LogP contribution in [0, 0.1) is 17.8 Å². The van der Waals surface area contributed by atoms with Crippen LogP contribution >= 0.6 is 0 Å². The van der Waals surface area contributed by atoms with E-state index in [0.717, 1.165) is 18.4 Å². The molecule has 15 heavy (non-hydrogen) atoms. The first-order valence-electron chi connectivity index (χ1n) is 5.91. The van der Waals surface area contributed by atoms with Gasteiger partial charge in [-0.3, -0.25) is 9.59 Å². The number of allylic oxidation sites excluding steroid dienone is 2. The first-order valence-corrected chi connectivity index (χ1v) is 5.91. The van der Waals surface area contributed by atoms with Gasteiger partial charge in [0.2, 0.25) is 11.6 Å². The maximum atomic E-state index is 11.8. The van der Waals surface area contributed by atoms with Gasteiger partial charge in [-0.15, -0.1) is 0 Å². The van der Waals surface area contributed by atoms with Crippen molar-refractivity contribution >= 4 is 11.6 Å². The van der Waals surface area contributed by atoms with Crippen LogP contribution < -0.4 is 0 Å². The Balaban J connectivity index is 2.18. The van der Waals surface area contributed by atoms with E-state index in [9.17, 15) is 9.59 Å². The number of rotatable bonds is 3. The minimum absolute atomic E-state index is 0.0750. The molecule has 2 nitrogen and oxygen atoms in total. The molecule has 0 N–H and O–H groups in total. The zero-order valence-electron chi connectivity index (χ0n) is 9.45. The third kappa shape index (κ3) is 1.66. The summed E-state index contributed by atoms with van der Waals surface area (Å²) >= 11 is 0. The standard InChI is InChI=1S/C13H18O2/c1-3-4-5-9-7-10-6-8(2)11(9)13(15)12(10)14/h6,9-11H,3-5,7H2,1-2H3/t9-,10+,11-/m0/s1. The fourth-order valence-corrected chi connectivity index (χ4v) is 3.01.